The van der Waals surface area contributed by atoms with Gasteiger partial charge in [0.15, 0.2) is 5.78 Å². The monoisotopic (exact) mass is 483 g/mol. The normalized spacial score (nSPS) is 36.8. The molecule has 186 valence electrons. The number of nitrogens with zero attached hydrogens (tertiary/aromatic N) is 1. The van der Waals surface area contributed by atoms with Gasteiger partial charge in [-0.05, 0) is 38.6 Å². The number of Topliss-reactive ketones (excluding diaryl/α,β-unsaturated/α-hetero) is 1. The molecule has 2 amide bonds. The Morgan fingerprint density at radius 2 is 1.97 bits per heavy atom. The van der Waals surface area contributed by atoms with Crippen molar-refractivity contribution >= 4 is 27.6 Å². The zero-order valence-electron chi connectivity index (χ0n) is 20.0. The summed E-state index contributed by atoms with van der Waals surface area (Å²) in [6.45, 7) is 2.21. The maximum absolute atomic E-state index is 13.6. The highest BCUT2D eigenvalue weighted by Gasteiger charge is 2.61. The Labute approximate surface area is 196 Å². The van der Waals surface area contributed by atoms with Crippen LogP contribution in [0.25, 0.3) is 0 Å². The number of rotatable bonds is 4. The Morgan fingerprint density at radius 3 is 2.61 bits per heavy atom. The summed E-state index contributed by atoms with van der Waals surface area (Å²) in [7, 11) is -0.432. The molecule has 2 heterocycles. The Kier molecular flexibility index (Phi) is 8.01. The van der Waals surface area contributed by atoms with Gasteiger partial charge in [-0.3, -0.25) is 19.1 Å². The van der Waals surface area contributed by atoms with E-state index in [1.807, 2.05) is 19.1 Å². The summed E-state index contributed by atoms with van der Waals surface area (Å²) < 4.78 is 31.1. The van der Waals surface area contributed by atoms with E-state index in [2.05, 4.69) is 10.0 Å². The van der Waals surface area contributed by atoms with Gasteiger partial charge in [-0.2, -0.15) is 0 Å². The van der Waals surface area contributed by atoms with Gasteiger partial charge in [-0.1, -0.05) is 31.9 Å². The van der Waals surface area contributed by atoms with Crippen molar-refractivity contribution in [2.45, 2.75) is 70.1 Å². The van der Waals surface area contributed by atoms with Crippen molar-refractivity contribution in [1.29, 1.82) is 0 Å². The number of fused-ring (bicyclic) bond motifs is 2. The van der Waals surface area contributed by atoms with E-state index < -0.39 is 27.4 Å². The van der Waals surface area contributed by atoms with E-state index in [-0.39, 0.29) is 42.1 Å². The van der Waals surface area contributed by atoms with Gasteiger partial charge in [0.25, 0.3) is 0 Å². The van der Waals surface area contributed by atoms with E-state index in [1.54, 1.807) is 19.1 Å². The van der Waals surface area contributed by atoms with Crippen LogP contribution in [0, 0.1) is 17.3 Å². The van der Waals surface area contributed by atoms with E-state index in [9.17, 15) is 22.8 Å². The van der Waals surface area contributed by atoms with E-state index in [4.69, 9.17) is 4.74 Å². The fraction of sp³-hybridized carbons (Fsp3) is 0.783. The number of amides is 2. The molecule has 0 spiro atoms. The molecule has 1 aliphatic carbocycles. The maximum atomic E-state index is 13.6. The molecule has 10 heteroatoms. The van der Waals surface area contributed by atoms with Crippen LogP contribution in [0.4, 0.5) is 0 Å². The first-order valence-corrected chi connectivity index (χ1v) is 13.7. The van der Waals surface area contributed by atoms with Gasteiger partial charge in [-0.25, -0.2) is 8.42 Å². The number of carbonyl (C=O) groups excluding carboxylic acids is 3. The molecular formula is C23H37N3O6S. The minimum atomic E-state index is -3.76. The standard InChI is InChI=1S/C23H37N3O6S/c1-15-19(32-3)14-26-20(15)18(27)13-23(22(29)25-33(4,30)31)12-16(23)10-8-6-5-7-9-11-17(24-2)21(26)28/h8,10,15-17,19-20,24H,5-7,9,11-14H2,1-4H3,(H,25,29)/b10-8-/t15-,16-,17+,19+,20+,23-/m1/s1. The number of ether oxygens (including phenoxy) is 1. The molecule has 0 aromatic heterocycles. The Hall–Kier alpha value is -1.78. The lowest BCUT2D eigenvalue weighted by Crippen LogP contribution is -2.51. The second-order valence-electron chi connectivity index (χ2n) is 9.79. The molecule has 2 aliphatic heterocycles. The van der Waals surface area contributed by atoms with Crippen molar-refractivity contribution in [3.8, 4) is 0 Å². The van der Waals surface area contributed by atoms with E-state index in [1.165, 1.54) is 0 Å². The van der Waals surface area contributed by atoms with Gasteiger partial charge in [0.1, 0.15) is 0 Å². The van der Waals surface area contributed by atoms with Crippen molar-refractivity contribution in [3.63, 3.8) is 0 Å². The van der Waals surface area contributed by atoms with E-state index in [0.717, 1.165) is 31.9 Å². The average molecular weight is 484 g/mol. The first kappa shape index (κ1) is 25.8. The second-order valence-corrected chi connectivity index (χ2v) is 11.5. The largest absolute Gasteiger partial charge is 0.379 e. The maximum Gasteiger partial charge on any atom is 0.240 e. The number of hydrogen-bond acceptors (Lipinski definition) is 7. The predicted molar refractivity (Wildman–Crippen MR) is 124 cm³/mol. The topological polar surface area (TPSA) is 122 Å². The molecule has 3 rings (SSSR count). The Bertz CT molecular complexity index is 904. The smallest absolute Gasteiger partial charge is 0.240 e. The Balaban J connectivity index is 1.94. The highest BCUT2D eigenvalue weighted by atomic mass is 32.2. The van der Waals surface area contributed by atoms with Crippen LogP contribution in [-0.2, 0) is 29.1 Å². The lowest BCUT2D eigenvalue weighted by Gasteiger charge is -2.30. The van der Waals surface area contributed by atoms with Gasteiger partial charge >= 0.3 is 0 Å². The summed E-state index contributed by atoms with van der Waals surface area (Å²) in [6.07, 6.45) is 9.29. The predicted octanol–water partition coefficient (Wildman–Crippen LogP) is 0.998. The van der Waals surface area contributed by atoms with Crippen LogP contribution >= 0.6 is 0 Å². The van der Waals surface area contributed by atoms with Gasteiger partial charge in [0.05, 0.1) is 29.9 Å². The summed E-state index contributed by atoms with van der Waals surface area (Å²) in [5.74, 6) is -1.42. The molecule has 6 atom stereocenters. The van der Waals surface area contributed by atoms with Crippen LogP contribution in [0.2, 0.25) is 0 Å². The van der Waals surface area contributed by atoms with Crippen LogP contribution in [0.15, 0.2) is 12.2 Å². The number of methoxy groups -OCH3 is 1. The number of likely N-dealkylation sites (N-methyl/N-ethyl adjacent to an activating group) is 1. The molecule has 0 unspecified atom stereocenters. The highest BCUT2D eigenvalue weighted by Crippen LogP contribution is 2.57. The molecule has 1 saturated heterocycles. The SMILES string of the molecule is CN[C@H]1CCCCC/C=C\[C@@H]2C[C@@]2(C(=O)NS(C)(=O)=O)CC(=O)[C@@H]2[C@H](C)[C@@H](OC)CN2C1=O. The summed E-state index contributed by atoms with van der Waals surface area (Å²) in [6, 6.07) is -1.10. The second kappa shape index (κ2) is 10.2. The van der Waals surface area contributed by atoms with Crippen LogP contribution in [0.1, 0.15) is 51.9 Å². The minimum Gasteiger partial charge on any atom is -0.379 e. The molecule has 0 bridgehead atoms. The first-order chi connectivity index (χ1) is 15.5. The molecule has 2 fully saturated rings. The van der Waals surface area contributed by atoms with Crippen LogP contribution in [0.5, 0.6) is 0 Å². The molecule has 0 aromatic rings. The van der Waals surface area contributed by atoms with Gasteiger partial charge in [0.2, 0.25) is 21.8 Å². The molecule has 33 heavy (non-hydrogen) atoms. The van der Waals surface area contributed by atoms with Crippen LogP contribution in [0.3, 0.4) is 0 Å². The number of ketones is 1. The van der Waals surface area contributed by atoms with Gasteiger partial charge in [-0.15, -0.1) is 0 Å². The fourth-order valence-electron chi connectivity index (χ4n) is 5.40. The zero-order chi connectivity index (χ0) is 24.4. The summed E-state index contributed by atoms with van der Waals surface area (Å²) >= 11 is 0. The number of allylic oxidation sites excluding steroid dienone is 2. The number of hydrogen-bond donors (Lipinski definition) is 2. The third kappa shape index (κ3) is 5.66. The lowest BCUT2D eigenvalue weighted by atomic mass is 9.87. The van der Waals surface area contributed by atoms with E-state index >= 15 is 0 Å². The number of carbonyl (C=O) groups is 3. The Morgan fingerprint density at radius 1 is 1.24 bits per heavy atom. The van der Waals surface area contributed by atoms with Crippen molar-refractivity contribution in [2.75, 3.05) is 27.0 Å². The van der Waals surface area contributed by atoms with Crippen molar-refractivity contribution < 1.29 is 27.5 Å². The third-order valence-electron chi connectivity index (χ3n) is 7.44. The fourth-order valence-corrected chi connectivity index (χ4v) is 5.94. The van der Waals surface area contributed by atoms with Crippen molar-refractivity contribution in [1.82, 2.24) is 14.9 Å². The molecule has 9 nitrogen and oxygen atoms in total. The van der Waals surface area contributed by atoms with Gasteiger partial charge in [0, 0.05) is 26.0 Å². The number of nitrogens with one attached hydrogen (secondary N) is 2. The molecule has 1 saturated carbocycles. The van der Waals surface area contributed by atoms with Crippen LogP contribution in [-0.4, -0.2) is 76.1 Å². The summed E-state index contributed by atoms with van der Waals surface area (Å²) in [5.41, 5.74) is -1.10. The molecular weight excluding hydrogens is 446 g/mol. The van der Waals surface area contributed by atoms with Gasteiger partial charge < -0.3 is 15.0 Å². The van der Waals surface area contributed by atoms with Crippen molar-refractivity contribution in [3.05, 3.63) is 12.2 Å². The quantitative estimate of drug-likeness (QED) is 0.572. The summed E-state index contributed by atoms with van der Waals surface area (Å²) in [5, 5.41) is 3.10. The third-order valence-corrected chi connectivity index (χ3v) is 8.00. The first-order valence-electron chi connectivity index (χ1n) is 11.8. The average Bonchev–Trinajstić information content (AvgIpc) is 3.32. The molecule has 2 N–H and O–H groups in total. The molecule has 3 aliphatic rings. The number of sulfonamides is 1. The molecule has 0 aromatic carbocycles. The minimum absolute atomic E-state index is 0.108. The summed E-state index contributed by atoms with van der Waals surface area (Å²) in [4.78, 5) is 41.7. The van der Waals surface area contributed by atoms with Crippen LogP contribution < -0.4 is 10.0 Å². The van der Waals surface area contributed by atoms with E-state index in [0.29, 0.717) is 19.4 Å². The highest BCUT2D eigenvalue weighted by molar-refractivity contribution is 7.89. The molecule has 0 radical (unpaired) electrons. The zero-order valence-corrected chi connectivity index (χ0v) is 20.8. The lowest BCUT2D eigenvalue weighted by molar-refractivity contribution is -0.141. The van der Waals surface area contributed by atoms with Crippen molar-refractivity contribution in [2.24, 2.45) is 17.3 Å².